The maximum absolute atomic E-state index is 12.3. The highest BCUT2D eigenvalue weighted by molar-refractivity contribution is 5.77. The van der Waals surface area contributed by atoms with Crippen molar-refractivity contribution in [2.24, 2.45) is 5.92 Å². The molecule has 102 valence electrons. The van der Waals surface area contributed by atoms with Crippen LogP contribution >= 0.6 is 0 Å². The van der Waals surface area contributed by atoms with E-state index in [1.807, 2.05) is 6.07 Å². The standard InChI is InChI=1S/C16H22N2O/c19-16(10-14-11-17-12-14)18-8-4-7-15(18)9-13-5-2-1-3-6-13/h1-3,5-6,14-15,17H,4,7-12H2. The lowest BCUT2D eigenvalue weighted by atomic mass is 9.98. The Labute approximate surface area is 115 Å². The van der Waals surface area contributed by atoms with E-state index in [0.29, 0.717) is 17.9 Å². The van der Waals surface area contributed by atoms with E-state index in [-0.39, 0.29) is 0 Å². The molecule has 2 heterocycles. The number of nitrogens with one attached hydrogen (secondary N) is 1. The molecular formula is C16H22N2O. The monoisotopic (exact) mass is 258 g/mol. The number of rotatable bonds is 4. The molecule has 2 fully saturated rings. The summed E-state index contributed by atoms with van der Waals surface area (Å²) in [5.41, 5.74) is 1.34. The van der Waals surface area contributed by atoms with Crippen molar-refractivity contribution >= 4 is 5.91 Å². The van der Waals surface area contributed by atoms with Gasteiger partial charge in [-0.05, 0) is 43.8 Å². The second-order valence-corrected chi connectivity index (χ2v) is 5.80. The van der Waals surface area contributed by atoms with Gasteiger partial charge in [0, 0.05) is 19.0 Å². The summed E-state index contributed by atoms with van der Waals surface area (Å²) in [6, 6.07) is 11.0. The molecule has 2 aliphatic heterocycles. The van der Waals surface area contributed by atoms with Gasteiger partial charge in [-0.3, -0.25) is 4.79 Å². The van der Waals surface area contributed by atoms with Gasteiger partial charge in [0.05, 0.1) is 0 Å². The van der Waals surface area contributed by atoms with Crippen molar-refractivity contribution in [1.82, 2.24) is 10.2 Å². The molecule has 1 unspecified atom stereocenters. The van der Waals surface area contributed by atoms with E-state index >= 15 is 0 Å². The fraction of sp³-hybridized carbons (Fsp3) is 0.562. The smallest absolute Gasteiger partial charge is 0.223 e. The predicted molar refractivity (Wildman–Crippen MR) is 75.9 cm³/mol. The lowest BCUT2D eigenvalue weighted by Crippen LogP contribution is -2.46. The van der Waals surface area contributed by atoms with Crippen molar-refractivity contribution in [2.45, 2.75) is 31.7 Å². The molecule has 1 aromatic carbocycles. The van der Waals surface area contributed by atoms with Gasteiger partial charge in [-0.2, -0.15) is 0 Å². The molecule has 1 N–H and O–H groups in total. The third kappa shape index (κ3) is 2.98. The van der Waals surface area contributed by atoms with Crippen LogP contribution in [0.25, 0.3) is 0 Å². The maximum Gasteiger partial charge on any atom is 0.223 e. The molecule has 3 heteroatoms. The number of nitrogens with zero attached hydrogens (tertiary/aromatic N) is 1. The highest BCUT2D eigenvalue weighted by Crippen LogP contribution is 2.23. The van der Waals surface area contributed by atoms with Gasteiger partial charge in [0.2, 0.25) is 5.91 Å². The molecule has 2 saturated heterocycles. The number of benzene rings is 1. The summed E-state index contributed by atoms with van der Waals surface area (Å²) in [6.45, 7) is 2.99. The van der Waals surface area contributed by atoms with Gasteiger partial charge in [-0.1, -0.05) is 30.3 Å². The largest absolute Gasteiger partial charge is 0.339 e. The molecular weight excluding hydrogens is 236 g/mol. The van der Waals surface area contributed by atoms with Crippen LogP contribution in [0.15, 0.2) is 30.3 Å². The summed E-state index contributed by atoms with van der Waals surface area (Å²) in [6.07, 6.45) is 4.06. The normalized spacial score (nSPS) is 23.4. The molecule has 3 nitrogen and oxygen atoms in total. The summed E-state index contributed by atoms with van der Waals surface area (Å²) in [5.74, 6) is 0.940. The van der Waals surface area contributed by atoms with Crippen LogP contribution < -0.4 is 5.32 Å². The Kier molecular flexibility index (Phi) is 3.83. The summed E-state index contributed by atoms with van der Waals surface area (Å²) < 4.78 is 0. The molecule has 19 heavy (non-hydrogen) atoms. The van der Waals surface area contributed by atoms with Crippen molar-refractivity contribution < 1.29 is 4.79 Å². The fourth-order valence-corrected chi connectivity index (χ4v) is 3.12. The summed E-state index contributed by atoms with van der Waals surface area (Å²) in [7, 11) is 0. The highest BCUT2D eigenvalue weighted by atomic mass is 16.2. The predicted octanol–water partition coefficient (Wildman–Crippen LogP) is 1.83. The molecule has 0 bridgehead atoms. The molecule has 1 aromatic rings. The van der Waals surface area contributed by atoms with E-state index < -0.39 is 0 Å². The number of carbonyl (C=O) groups excluding carboxylic acids is 1. The Balaban J connectivity index is 1.59. The van der Waals surface area contributed by atoms with Gasteiger partial charge in [0.1, 0.15) is 0 Å². The Morgan fingerprint density at radius 3 is 2.74 bits per heavy atom. The van der Waals surface area contributed by atoms with E-state index in [1.54, 1.807) is 0 Å². The third-order valence-electron chi connectivity index (χ3n) is 4.34. The van der Waals surface area contributed by atoms with Crippen LogP contribution in [0.3, 0.4) is 0 Å². The van der Waals surface area contributed by atoms with Crippen molar-refractivity contribution in [3.05, 3.63) is 35.9 Å². The molecule has 2 aliphatic rings. The quantitative estimate of drug-likeness (QED) is 0.893. The van der Waals surface area contributed by atoms with Crippen molar-refractivity contribution in [3.63, 3.8) is 0 Å². The Hall–Kier alpha value is -1.35. The van der Waals surface area contributed by atoms with Gasteiger partial charge in [0.25, 0.3) is 0 Å². The molecule has 1 atom stereocenters. The first-order valence-electron chi connectivity index (χ1n) is 7.37. The number of hydrogen-bond donors (Lipinski definition) is 1. The fourth-order valence-electron chi connectivity index (χ4n) is 3.12. The molecule has 1 amide bonds. The number of carbonyl (C=O) groups is 1. The zero-order valence-corrected chi connectivity index (χ0v) is 11.3. The average molecular weight is 258 g/mol. The van der Waals surface area contributed by atoms with E-state index in [4.69, 9.17) is 0 Å². The minimum Gasteiger partial charge on any atom is -0.339 e. The lowest BCUT2D eigenvalue weighted by Gasteiger charge is -2.31. The van der Waals surface area contributed by atoms with E-state index in [2.05, 4.69) is 34.5 Å². The first-order chi connectivity index (χ1) is 9.33. The topological polar surface area (TPSA) is 32.3 Å². The molecule has 0 spiro atoms. The number of hydrogen-bond acceptors (Lipinski definition) is 2. The number of likely N-dealkylation sites (tertiary alicyclic amines) is 1. The highest BCUT2D eigenvalue weighted by Gasteiger charge is 2.31. The van der Waals surface area contributed by atoms with E-state index in [9.17, 15) is 4.79 Å². The summed E-state index contributed by atoms with van der Waals surface area (Å²) in [4.78, 5) is 14.5. The zero-order valence-electron chi connectivity index (χ0n) is 11.3. The van der Waals surface area contributed by atoms with Crippen molar-refractivity contribution in [1.29, 1.82) is 0 Å². The second-order valence-electron chi connectivity index (χ2n) is 5.80. The van der Waals surface area contributed by atoms with Gasteiger partial charge in [0.15, 0.2) is 0 Å². The molecule has 0 aromatic heterocycles. The van der Waals surface area contributed by atoms with E-state index in [1.165, 1.54) is 5.56 Å². The van der Waals surface area contributed by atoms with Crippen LogP contribution in [0.4, 0.5) is 0 Å². The van der Waals surface area contributed by atoms with Gasteiger partial charge in [-0.25, -0.2) is 0 Å². The van der Waals surface area contributed by atoms with Crippen LogP contribution in [0.5, 0.6) is 0 Å². The van der Waals surface area contributed by atoms with Gasteiger partial charge < -0.3 is 10.2 Å². The number of amides is 1. The van der Waals surface area contributed by atoms with E-state index in [0.717, 1.165) is 45.3 Å². The maximum atomic E-state index is 12.3. The summed E-state index contributed by atoms with van der Waals surface area (Å²) in [5, 5.41) is 3.24. The zero-order chi connectivity index (χ0) is 13.1. The third-order valence-corrected chi connectivity index (χ3v) is 4.34. The average Bonchev–Trinajstić information content (AvgIpc) is 2.83. The Morgan fingerprint density at radius 1 is 1.26 bits per heavy atom. The van der Waals surface area contributed by atoms with Crippen LogP contribution in [-0.2, 0) is 11.2 Å². The SMILES string of the molecule is O=C(CC1CNC1)N1CCCC1Cc1ccccc1. The summed E-state index contributed by atoms with van der Waals surface area (Å²) >= 11 is 0. The molecule has 0 radical (unpaired) electrons. The minimum atomic E-state index is 0.366. The Bertz CT molecular complexity index is 428. The Morgan fingerprint density at radius 2 is 2.05 bits per heavy atom. The van der Waals surface area contributed by atoms with Crippen molar-refractivity contribution in [3.8, 4) is 0 Å². The minimum absolute atomic E-state index is 0.366. The second kappa shape index (κ2) is 5.74. The van der Waals surface area contributed by atoms with Crippen molar-refractivity contribution in [2.75, 3.05) is 19.6 Å². The van der Waals surface area contributed by atoms with Gasteiger partial charge in [-0.15, -0.1) is 0 Å². The lowest BCUT2D eigenvalue weighted by molar-refractivity contribution is -0.133. The molecule has 0 saturated carbocycles. The van der Waals surface area contributed by atoms with Gasteiger partial charge >= 0.3 is 0 Å². The van der Waals surface area contributed by atoms with Crippen LogP contribution in [-0.4, -0.2) is 36.5 Å². The van der Waals surface area contributed by atoms with Crippen LogP contribution in [0, 0.1) is 5.92 Å². The molecule has 3 rings (SSSR count). The first kappa shape index (κ1) is 12.7. The van der Waals surface area contributed by atoms with Crippen LogP contribution in [0.2, 0.25) is 0 Å². The molecule has 0 aliphatic carbocycles. The van der Waals surface area contributed by atoms with Crippen LogP contribution in [0.1, 0.15) is 24.8 Å². The first-order valence-corrected chi connectivity index (χ1v) is 7.37.